The molecular weight excluding hydrogens is 432 g/mol. The summed E-state index contributed by atoms with van der Waals surface area (Å²) < 4.78 is 12.3. The van der Waals surface area contributed by atoms with Gasteiger partial charge in [0.25, 0.3) is 0 Å². The van der Waals surface area contributed by atoms with Gasteiger partial charge in [0, 0.05) is 19.6 Å². The van der Waals surface area contributed by atoms with Crippen molar-refractivity contribution < 1.29 is 24.2 Å². The summed E-state index contributed by atoms with van der Waals surface area (Å²) in [7, 11) is 0. The lowest BCUT2D eigenvalue weighted by atomic mass is 9.94. The molecule has 192 valence electrons. The molecule has 0 aromatic heterocycles. The van der Waals surface area contributed by atoms with Crippen LogP contribution in [0.4, 0.5) is 4.79 Å². The summed E-state index contributed by atoms with van der Waals surface area (Å²) in [4.78, 5) is 26.1. The molecule has 0 radical (unpaired) electrons. The van der Waals surface area contributed by atoms with Gasteiger partial charge in [-0.05, 0) is 55.6 Å². The molecule has 1 aliphatic rings. The maximum atomic E-state index is 12.6. The Balaban J connectivity index is 1.84. The second kappa shape index (κ2) is 13.7. The Hall–Kier alpha value is -2.12. The minimum absolute atomic E-state index is 0.0104. The number of carbonyl (C=O) groups excluding carboxylic acids is 1. The molecule has 7 heteroatoms. The van der Waals surface area contributed by atoms with Crippen LogP contribution >= 0.6 is 0 Å². The molecule has 0 spiro atoms. The number of rotatable bonds is 12. The Labute approximate surface area is 205 Å². The number of aryl methyl sites for hydroxylation is 1. The predicted octanol–water partition coefficient (Wildman–Crippen LogP) is 5.40. The highest BCUT2D eigenvalue weighted by Gasteiger charge is 2.25. The van der Waals surface area contributed by atoms with Gasteiger partial charge in [-0.2, -0.15) is 0 Å². The van der Waals surface area contributed by atoms with E-state index in [1.807, 2.05) is 30.0 Å². The van der Waals surface area contributed by atoms with Gasteiger partial charge >= 0.3 is 12.0 Å². The summed E-state index contributed by atoms with van der Waals surface area (Å²) in [5.41, 5.74) is 1.80. The van der Waals surface area contributed by atoms with Crippen LogP contribution in [0, 0.1) is 12.3 Å². The molecule has 1 saturated carbocycles. The minimum atomic E-state index is -0.917. The van der Waals surface area contributed by atoms with E-state index in [9.17, 15) is 14.7 Å². The van der Waals surface area contributed by atoms with Crippen molar-refractivity contribution in [2.45, 2.75) is 92.0 Å². The summed E-state index contributed by atoms with van der Waals surface area (Å²) in [5.74, 6) is -0.917. The molecule has 1 fully saturated rings. The number of carboxylic acids is 1. The first-order valence-corrected chi connectivity index (χ1v) is 12.7. The summed E-state index contributed by atoms with van der Waals surface area (Å²) in [6.07, 6.45) is 5.89. The zero-order valence-electron chi connectivity index (χ0n) is 21.7. The fourth-order valence-corrected chi connectivity index (χ4v) is 4.41. The van der Waals surface area contributed by atoms with Crippen molar-refractivity contribution in [1.82, 2.24) is 10.2 Å². The molecule has 2 N–H and O–H groups in total. The molecule has 2 rings (SSSR count). The lowest BCUT2D eigenvalue weighted by Crippen LogP contribution is -2.46. The first kappa shape index (κ1) is 28.1. The van der Waals surface area contributed by atoms with Gasteiger partial charge in [-0.25, -0.2) is 9.59 Å². The SMILES string of the molecule is CCCCNC(=O)N(CCO[C@H]1CCCC(OCc2cccc(C)c2C(=O)O)C1)CC(C)(C)C. The van der Waals surface area contributed by atoms with Crippen molar-refractivity contribution in [3.8, 4) is 0 Å². The molecule has 1 unspecified atom stereocenters. The summed E-state index contributed by atoms with van der Waals surface area (Å²) in [6.45, 7) is 13.0. The van der Waals surface area contributed by atoms with Crippen LogP contribution in [0.15, 0.2) is 18.2 Å². The lowest BCUT2D eigenvalue weighted by Gasteiger charge is -2.32. The van der Waals surface area contributed by atoms with Crippen LogP contribution in [0.2, 0.25) is 0 Å². The van der Waals surface area contributed by atoms with Crippen LogP contribution in [0.5, 0.6) is 0 Å². The average molecular weight is 477 g/mol. The van der Waals surface area contributed by atoms with E-state index in [0.717, 1.165) is 44.1 Å². The Bertz CT molecular complexity index is 790. The standard InChI is InChI=1S/C27H44N2O5/c1-6-7-14-28-26(32)29(19-27(3,4)5)15-16-33-22-12-9-13-23(17-22)34-18-21-11-8-10-20(2)24(21)25(30)31/h8,10-11,22-23H,6-7,9,12-19H2,1-5H3,(H,28,32)(H,30,31)/t22-,23?/m0/s1. The lowest BCUT2D eigenvalue weighted by molar-refractivity contribution is -0.0529. The summed E-state index contributed by atoms with van der Waals surface area (Å²) in [5, 5.41) is 12.5. The topological polar surface area (TPSA) is 88.1 Å². The average Bonchev–Trinajstić information content (AvgIpc) is 2.76. The van der Waals surface area contributed by atoms with Gasteiger partial charge < -0.3 is 24.8 Å². The van der Waals surface area contributed by atoms with Gasteiger partial charge in [0.15, 0.2) is 0 Å². The molecule has 0 bridgehead atoms. The first-order chi connectivity index (χ1) is 16.1. The van der Waals surface area contributed by atoms with E-state index in [2.05, 4.69) is 33.0 Å². The highest BCUT2D eigenvalue weighted by atomic mass is 16.5. The number of nitrogens with zero attached hydrogens (tertiary/aromatic N) is 1. The Morgan fingerprint density at radius 2 is 1.88 bits per heavy atom. The summed E-state index contributed by atoms with van der Waals surface area (Å²) in [6, 6.07) is 5.48. The molecular formula is C27H44N2O5. The third-order valence-corrected chi connectivity index (χ3v) is 6.10. The normalized spacial score (nSPS) is 18.5. The van der Waals surface area contributed by atoms with Crippen molar-refractivity contribution >= 4 is 12.0 Å². The molecule has 2 atom stereocenters. The van der Waals surface area contributed by atoms with Gasteiger partial charge in [0.2, 0.25) is 0 Å². The van der Waals surface area contributed by atoms with Gasteiger partial charge in [0.1, 0.15) is 0 Å². The van der Waals surface area contributed by atoms with Crippen LogP contribution in [-0.4, -0.2) is 60.5 Å². The molecule has 0 saturated heterocycles. The third-order valence-electron chi connectivity index (χ3n) is 6.10. The molecule has 0 heterocycles. The zero-order chi connectivity index (χ0) is 25.1. The number of amides is 2. The van der Waals surface area contributed by atoms with E-state index < -0.39 is 5.97 Å². The highest BCUT2D eigenvalue weighted by Crippen LogP contribution is 2.25. The molecule has 0 aliphatic heterocycles. The maximum absolute atomic E-state index is 12.6. The van der Waals surface area contributed by atoms with E-state index in [1.54, 1.807) is 0 Å². The first-order valence-electron chi connectivity index (χ1n) is 12.7. The molecule has 2 amide bonds. The van der Waals surface area contributed by atoms with Crippen LogP contribution in [-0.2, 0) is 16.1 Å². The number of nitrogens with one attached hydrogen (secondary N) is 1. The van der Waals surface area contributed by atoms with Crippen molar-refractivity contribution in [2.75, 3.05) is 26.2 Å². The van der Waals surface area contributed by atoms with Crippen LogP contribution < -0.4 is 5.32 Å². The predicted molar refractivity (Wildman–Crippen MR) is 134 cm³/mol. The largest absolute Gasteiger partial charge is 0.478 e. The summed E-state index contributed by atoms with van der Waals surface area (Å²) >= 11 is 0. The quantitative estimate of drug-likeness (QED) is 0.395. The molecule has 1 aromatic rings. The fraction of sp³-hybridized carbons (Fsp3) is 0.704. The zero-order valence-corrected chi connectivity index (χ0v) is 21.7. The molecule has 34 heavy (non-hydrogen) atoms. The van der Waals surface area contributed by atoms with E-state index in [-0.39, 0.29) is 30.3 Å². The van der Waals surface area contributed by atoms with E-state index >= 15 is 0 Å². The molecule has 1 aromatic carbocycles. The van der Waals surface area contributed by atoms with Crippen LogP contribution in [0.3, 0.4) is 0 Å². The van der Waals surface area contributed by atoms with Crippen molar-refractivity contribution in [3.63, 3.8) is 0 Å². The van der Waals surface area contributed by atoms with Crippen molar-refractivity contribution in [3.05, 3.63) is 34.9 Å². The van der Waals surface area contributed by atoms with Gasteiger partial charge in [-0.15, -0.1) is 0 Å². The van der Waals surface area contributed by atoms with E-state index in [1.165, 1.54) is 0 Å². The van der Waals surface area contributed by atoms with Gasteiger partial charge in [-0.3, -0.25) is 0 Å². The smallest absolute Gasteiger partial charge is 0.336 e. The number of urea groups is 1. The minimum Gasteiger partial charge on any atom is -0.478 e. The number of carboxylic acid groups (broad SMARTS) is 1. The monoisotopic (exact) mass is 476 g/mol. The number of hydrogen-bond donors (Lipinski definition) is 2. The van der Waals surface area contributed by atoms with Crippen LogP contribution in [0.1, 0.15) is 87.7 Å². The van der Waals surface area contributed by atoms with Crippen molar-refractivity contribution in [1.29, 1.82) is 0 Å². The number of benzene rings is 1. The Morgan fingerprint density at radius 1 is 1.18 bits per heavy atom. The number of aromatic carboxylic acids is 1. The Morgan fingerprint density at radius 3 is 2.53 bits per heavy atom. The van der Waals surface area contributed by atoms with Gasteiger partial charge in [0.05, 0.1) is 31.0 Å². The second-order valence-electron chi connectivity index (χ2n) is 10.6. The number of ether oxygens (including phenoxy) is 2. The third kappa shape index (κ3) is 9.63. The number of carbonyl (C=O) groups is 2. The molecule has 7 nitrogen and oxygen atoms in total. The maximum Gasteiger partial charge on any atom is 0.336 e. The van der Waals surface area contributed by atoms with Crippen LogP contribution in [0.25, 0.3) is 0 Å². The number of hydrogen-bond acceptors (Lipinski definition) is 4. The van der Waals surface area contributed by atoms with E-state index in [0.29, 0.717) is 37.4 Å². The highest BCUT2D eigenvalue weighted by molar-refractivity contribution is 5.91. The van der Waals surface area contributed by atoms with E-state index in [4.69, 9.17) is 9.47 Å². The Kier molecular flexibility index (Phi) is 11.3. The number of unbranched alkanes of at least 4 members (excludes halogenated alkanes) is 1. The molecule has 1 aliphatic carbocycles. The second-order valence-corrected chi connectivity index (χ2v) is 10.6. The fourth-order valence-electron chi connectivity index (χ4n) is 4.41. The van der Waals surface area contributed by atoms with Gasteiger partial charge in [-0.1, -0.05) is 52.3 Å². The van der Waals surface area contributed by atoms with Crippen molar-refractivity contribution in [2.24, 2.45) is 5.41 Å².